The molecule has 0 saturated heterocycles. The van der Waals surface area contributed by atoms with Crippen LogP contribution in [0.3, 0.4) is 0 Å². The van der Waals surface area contributed by atoms with Gasteiger partial charge in [0.05, 0.1) is 5.75 Å². The summed E-state index contributed by atoms with van der Waals surface area (Å²) in [6.45, 7) is 4.18. The normalized spacial score (nSPS) is 13.0. The van der Waals surface area contributed by atoms with Gasteiger partial charge in [0.15, 0.2) is 11.5 Å². The van der Waals surface area contributed by atoms with Crippen LogP contribution in [0.5, 0.6) is 11.5 Å². The van der Waals surface area contributed by atoms with Crippen LogP contribution in [0.1, 0.15) is 6.92 Å². The van der Waals surface area contributed by atoms with Gasteiger partial charge in [0.25, 0.3) is 0 Å². The Morgan fingerprint density at radius 3 is 2.81 bits per heavy atom. The molecule has 0 spiro atoms. The molecule has 2 aromatic carbocycles. The number of aromatic nitrogens is 1. The van der Waals surface area contributed by atoms with Gasteiger partial charge >= 0.3 is 0 Å². The molecule has 0 saturated carbocycles. The molecule has 0 atom stereocenters. The molecule has 5 nitrogen and oxygen atoms in total. The standard InChI is InChI=1S/C20H20N2O3S/c1-2-22-8-7-14-11-15(3-5-17(14)22)21-20(23)13-26-16-4-6-18-19(12-16)25-10-9-24-18/h3-8,11-12H,2,9-10,13H2,1H3,(H,21,23). The van der Waals surface area contributed by atoms with Gasteiger partial charge in [0.1, 0.15) is 13.2 Å². The van der Waals surface area contributed by atoms with E-state index in [-0.39, 0.29) is 5.91 Å². The molecule has 3 aromatic rings. The Balaban J connectivity index is 1.38. The summed E-state index contributed by atoms with van der Waals surface area (Å²) >= 11 is 1.48. The summed E-state index contributed by atoms with van der Waals surface area (Å²) in [6.07, 6.45) is 2.06. The number of aryl methyl sites for hydroxylation is 1. The van der Waals surface area contributed by atoms with Gasteiger partial charge in [-0.05, 0) is 49.4 Å². The maximum absolute atomic E-state index is 12.3. The maximum Gasteiger partial charge on any atom is 0.234 e. The minimum atomic E-state index is -0.0286. The number of rotatable bonds is 5. The van der Waals surface area contributed by atoms with Crippen molar-refractivity contribution in [2.24, 2.45) is 0 Å². The van der Waals surface area contributed by atoms with E-state index in [0.717, 1.165) is 34.0 Å². The Morgan fingerprint density at radius 1 is 1.12 bits per heavy atom. The predicted molar refractivity (Wildman–Crippen MR) is 104 cm³/mol. The molecule has 1 aliphatic rings. The fourth-order valence-electron chi connectivity index (χ4n) is 3.01. The number of carbonyl (C=O) groups is 1. The van der Waals surface area contributed by atoms with Crippen LogP contribution in [0.15, 0.2) is 53.6 Å². The van der Waals surface area contributed by atoms with Crippen molar-refractivity contribution in [2.75, 3.05) is 24.3 Å². The van der Waals surface area contributed by atoms with Gasteiger partial charge in [-0.2, -0.15) is 0 Å². The van der Waals surface area contributed by atoms with E-state index in [0.29, 0.717) is 19.0 Å². The SMILES string of the molecule is CCn1ccc2cc(NC(=O)CSc3ccc4c(c3)OCCO4)ccc21. The number of ether oxygens (including phenoxy) is 2. The third-order valence-corrected chi connectivity index (χ3v) is 5.27. The minimum absolute atomic E-state index is 0.0286. The molecule has 4 rings (SSSR count). The summed E-state index contributed by atoms with van der Waals surface area (Å²) < 4.78 is 13.3. The molecule has 0 radical (unpaired) electrons. The van der Waals surface area contributed by atoms with Crippen LogP contribution >= 0.6 is 11.8 Å². The molecule has 1 amide bonds. The number of benzene rings is 2. The lowest BCUT2D eigenvalue weighted by molar-refractivity contribution is -0.113. The Bertz CT molecular complexity index is 951. The highest BCUT2D eigenvalue weighted by Gasteiger charge is 2.13. The number of carbonyl (C=O) groups excluding carboxylic acids is 1. The number of anilines is 1. The van der Waals surface area contributed by atoms with Crippen molar-refractivity contribution in [3.63, 3.8) is 0 Å². The topological polar surface area (TPSA) is 52.5 Å². The molecule has 0 bridgehead atoms. The summed E-state index contributed by atoms with van der Waals surface area (Å²) in [6, 6.07) is 13.8. The van der Waals surface area contributed by atoms with Crippen LogP contribution in [-0.4, -0.2) is 29.4 Å². The second-order valence-electron chi connectivity index (χ2n) is 6.02. The molecule has 134 valence electrons. The molecule has 1 aromatic heterocycles. The van der Waals surface area contributed by atoms with E-state index in [1.165, 1.54) is 17.3 Å². The molecule has 6 heteroatoms. The Labute approximate surface area is 156 Å². The highest BCUT2D eigenvalue weighted by molar-refractivity contribution is 8.00. The largest absolute Gasteiger partial charge is 0.486 e. The number of nitrogens with one attached hydrogen (secondary N) is 1. The van der Waals surface area contributed by atoms with E-state index in [9.17, 15) is 4.79 Å². The molecular formula is C20H20N2O3S. The van der Waals surface area contributed by atoms with E-state index in [1.54, 1.807) is 0 Å². The Hall–Kier alpha value is -2.60. The third-order valence-electron chi connectivity index (χ3n) is 4.28. The van der Waals surface area contributed by atoms with Crippen LogP contribution < -0.4 is 14.8 Å². The van der Waals surface area contributed by atoms with Crippen molar-refractivity contribution in [1.29, 1.82) is 0 Å². The van der Waals surface area contributed by atoms with Crippen LogP contribution in [0.2, 0.25) is 0 Å². The molecular weight excluding hydrogens is 348 g/mol. The molecule has 26 heavy (non-hydrogen) atoms. The van der Waals surface area contributed by atoms with Crippen molar-refractivity contribution in [2.45, 2.75) is 18.4 Å². The Morgan fingerprint density at radius 2 is 1.96 bits per heavy atom. The summed E-state index contributed by atoms with van der Waals surface area (Å²) in [7, 11) is 0. The summed E-state index contributed by atoms with van der Waals surface area (Å²) in [5, 5.41) is 4.10. The smallest absolute Gasteiger partial charge is 0.234 e. The van der Waals surface area contributed by atoms with Crippen molar-refractivity contribution in [1.82, 2.24) is 4.57 Å². The zero-order valence-corrected chi connectivity index (χ0v) is 15.3. The third kappa shape index (κ3) is 3.51. The molecule has 0 aliphatic carbocycles. The van der Waals surface area contributed by atoms with Crippen molar-refractivity contribution in [3.05, 3.63) is 48.7 Å². The number of thioether (sulfide) groups is 1. The lowest BCUT2D eigenvalue weighted by Crippen LogP contribution is -2.15. The van der Waals surface area contributed by atoms with Crippen LogP contribution in [0.25, 0.3) is 10.9 Å². The molecule has 1 aliphatic heterocycles. The van der Waals surface area contributed by atoms with Gasteiger partial charge in [-0.3, -0.25) is 4.79 Å². The molecule has 0 unspecified atom stereocenters. The average molecular weight is 368 g/mol. The van der Waals surface area contributed by atoms with Gasteiger partial charge in [0, 0.05) is 34.2 Å². The number of hydrogen-bond acceptors (Lipinski definition) is 4. The van der Waals surface area contributed by atoms with E-state index in [4.69, 9.17) is 9.47 Å². The molecule has 1 N–H and O–H groups in total. The monoisotopic (exact) mass is 368 g/mol. The summed E-state index contributed by atoms with van der Waals surface area (Å²) in [5.74, 6) is 1.82. The van der Waals surface area contributed by atoms with Gasteiger partial charge in [-0.1, -0.05) is 0 Å². The summed E-state index contributed by atoms with van der Waals surface area (Å²) in [5.41, 5.74) is 2.00. The van der Waals surface area contributed by atoms with Crippen LogP contribution in [0, 0.1) is 0 Å². The predicted octanol–water partition coefficient (Wildman–Crippen LogP) is 4.16. The lowest BCUT2D eigenvalue weighted by atomic mass is 10.2. The first-order chi connectivity index (χ1) is 12.7. The molecule has 0 fully saturated rings. The number of nitrogens with zero attached hydrogens (tertiary/aromatic N) is 1. The van der Waals surface area contributed by atoms with E-state index in [1.807, 2.05) is 36.4 Å². The quantitative estimate of drug-likeness (QED) is 0.687. The van der Waals surface area contributed by atoms with Crippen molar-refractivity contribution >= 4 is 34.3 Å². The van der Waals surface area contributed by atoms with Gasteiger partial charge < -0.3 is 19.4 Å². The first kappa shape index (κ1) is 16.8. The first-order valence-electron chi connectivity index (χ1n) is 8.64. The fraction of sp³-hybridized carbons (Fsp3) is 0.250. The fourth-order valence-corrected chi connectivity index (χ4v) is 3.74. The highest BCUT2D eigenvalue weighted by Crippen LogP contribution is 2.34. The zero-order valence-electron chi connectivity index (χ0n) is 14.5. The number of fused-ring (bicyclic) bond motifs is 2. The highest BCUT2D eigenvalue weighted by atomic mass is 32.2. The second-order valence-corrected chi connectivity index (χ2v) is 7.07. The lowest BCUT2D eigenvalue weighted by Gasteiger charge is -2.18. The van der Waals surface area contributed by atoms with Crippen LogP contribution in [-0.2, 0) is 11.3 Å². The molecule has 2 heterocycles. The van der Waals surface area contributed by atoms with Crippen molar-refractivity contribution in [3.8, 4) is 11.5 Å². The van der Waals surface area contributed by atoms with Crippen molar-refractivity contribution < 1.29 is 14.3 Å². The first-order valence-corrected chi connectivity index (χ1v) is 9.62. The van der Waals surface area contributed by atoms with E-state index >= 15 is 0 Å². The van der Waals surface area contributed by atoms with Gasteiger partial charge in [-0.15, -0.1) is 11.8 Å². The van der Waals surface area contributed by atoms with Gasteiger partial charge in [0.2, 0.25) is 5.91 Å². The van der Waals surface area contributed by atoms with Crippen LogP contribution in [0.4, 0.5) is 5.69 Å². The maximum atomic E-state index is 12.3. The average Bonchev–Trinajstić information content (AvgIpc) is 3.08. The number of hydrogen-bond donors (Lipinski definition) is 1. The Kier molecular flexibility index (Phi) is 4.75. The summed E-state index contributed by atoms with van der Waals surface area (Å²) in [4.78, 5) is 13.3. The zero-order chi connectivity index (χ0) is 17.9. The minimum Gasteiger partial charge on any atom is -0.486 e. The van der Waals surface area contributed by atoms with E-state index in [2.05, 4.69) is 29.1 Å². The second kappa shape index (κ2) is 7.33. The number of amides is 1. The van der Waals surface area contributed by atoms with E-state index < -0.39 is 0 Å². The van der Waals surface area contributed by atoms with Gasteiger partial charge in [-0.25, -0.2) is 0 Å².